The first-order chi connectivity index (χ1) is 17.7. The smallest absolute Gasteiger partial charge is 0.410 e. The molecule has 0 aliphatic carbocycles. The molecule has 10 nitrogen and oxygen atoms in total. The maximum Gasteiger partial charge on any atom is 0.410 e. The summed E-state index contributed by atoms with van der Waals surface area (Å²) in [6, 6.07) is 9.79. The van der Waals surface area contributed by atoms with Crippen molar-refractivity contribution in [1.82, 2.24) is 15.5 Å². The lowest BCUT2D eigenvalue weighted by Crippen LogP contribution is -2.39. The third-order valence-corrected chi connectivity index (χ3v) is 4.89. The van der Waals surface area contributed by atoms with E-state index in [9.17, 15) is 4.79 Å². The summed E-state index contributed by atoms with van der Waals surface area (Å²) in [6.07, 6.45) is 2.95. The number of nitriles is 2. The van der Waals surface area contributed by atoms with Gasteiger partial charge >= 0.3 is 6.09 Å². The number of hydrogen-bond acceptors (Lipinski definition) is 9. The van der Waals surface area contributed by atoms with E-state index in [0.29, 0.717) is 56.9 Å². The van der Waals surface area contributed by atoms with Gasteiger partial charge in [-0.2, -0.15) is 10.5 Å². The predicted molar refractivity (Wildman–Crippen MR) is 144 cm³/mol. The number of hydrogen-bond donors (Lipinski definition) is 3. The van der Waals surface area contributed by atoms with Crippen LogP contribution in [0, 0.1) is 22.7 Å². The van der Waals surface area contributed by atoms with E-state index in [1.807, 2.05) is 39.0 Å². The van der Waals surface area contributed by atoms with Crippen LogP contribution in [0.1, 0.15) is 52.0 Å². The van der Waals surface area contributed by atoms with Crippen molar-refractivity contribution < 1.29 is 24.1 Å². The molecule has 0 atom stereocenters. The molecule has 0 bridgehead atoms. The maximum absolute atomic E-state index is 12.3. The fourth-order valence-electron chi connectivity index (χ4n) is 3.11. The van der Waals surface area contributed by atoms with Gasteiger partial charge in [-0.15, -0.1) is 0 Å². The van der Waals surface area contributed by atoms with Crippen LogP contribution in [0.3, 0.4) is 0 Å². The van der Waals surface area contributed by atoms with Crippen molar-refractivity contribution in [3.05, 3.63) is 23.8 Å². The lowest BCUT2D eigenvalue weighted by molar-refractivity contribution is 0.0246. The van der Waals surface area contributed by atoms with E-state index in [0.717, 1.165) is 31.5 Å². The summed E-state index contributed by atoms with van der Waals surface area (Å²) in [5, 5.41) is 32.1. The van der Waals surface area contributed by atoms with Crippen LogP contribution >= 0.6 is 0 Å². The van der Waals surface area contributed by atoms with Crippen LogP contribution in [0.4, 0.5) is 4.79 Å². The molecule has 37 heavy (non-hydrogen) atoms. The van der Waals surface area contributed by atoms with E-state index in [2.05, 4.69) is 22.8 Å². The molecule has 3 N–H and O–H groups in total. The van der Waals surface area contributed by atoms with E-state index in [1.165, 1.54) is 0 Å². The van der Waals surface area contributed by atoms with Crippen LogP contribution in [0.5, 0.6) is 11.5 Å². The molecule has 0 unspecified atom stereocenters. The number of aliphatic hydroxyl groups excluding tert-OH is 1. The Kier molecular flexibility index (Phi) is 19.3. The van der Waals surface area contributed by atoms with Crippen LogP contribution in [0.2, 0.25) is 0 Å². The fourth-order valence-corrected chi connectivity index (χ4v) is 3.11. The molecule has 1 aromatic carbocycles. The average molecular weight is 520 g/mol. The summed E-state index contributed by atoms with van der Waals surface area (Å²) < 4.78 is 15.6. The molecule has 0 fully saturated rings. The van der Waals surface area contributed by atoms with Gasteiger partial charge in [-0.25, -0.2) is 4.79 Å². The molecule has 0 radical (unpaired) electrons. The first kappa shape index (κ1) is 34.0. The minimum Gasteiger partial charge on any atom is -0.493 e. The number of carbonyl (C=O) groups excluding carboxylic acids is 1. The van der Waals surface area contributed by atoms with Crippen LogP contribution in [0.25, 0.3) is 0 Å². The molecule has 1 aromatic rings. The largest absolute Gasteiger partial charge is 0.493 e. The standard InChI is InChI=1S/C17H31N5O2.C10H14O3/c1-17(2,3)24-16(23)22(14-6-12-20-10-4-8-18)15-7-13-21-11-5-9-19;1-12-9-4-3-8(5-6-11)7-10(9)13-2/h20-21H,4-7,10-15H2,1-3H3;3-4,7,11H,5-6H2,1-2H3. The van der Waals surface area contributed by atoms with Crippen molar-refractivity contribution in [3.8, 4) is 23.6 Å². The van der Waals surface area contributed by atoms with Gasteiger partial charge in [-0.3, -0.25) is 0 Å². The van der Waals surface area contributed by atoms with E-state index < -0.39 is 5.60 Å². The van der Waals surface area contributed by atoms with Gasteiger partial charge in [-0.05, 0) is 70.8 Å². The summed E-state index contributed by atoms with van der Waals surface area (Å²) in [5.41, 5.74) is 0.533. The molecule has 208 valence electrons. The Morgan fingerprint density at radius 1 is 0.946 bits per heavy atom. The molecule has 1 rings (SSSR count). The van der Waals surface area contributed by atoms with E-state index >= 15 is 0 Å². The minimum absolute atomic E-state index is 0.148. The Bertz CT molecular complexity index is 804. The number of rotatable bonds is 16. The highest BCUT2D eigenvalue weighted by molar-refractivity contribution is 5.68. The monoisotopic (exact) mass is 519 g/mol. The molecule has 0 aliphatic heterocycles. The second-order valence-corrected chi connectivity index (χ2v) is 9.15. The first-order valence-electron chi connectivity index (χ1n) is 12.7. The van der Waals surface area contributed by atoms with Crippen LogP contribution in [0.15, 0.2) is 18.2 Å². The number of benzene rings is 1. The van der Waals surface area contributed by atoms with Gasteiger partial charge in [0.1, 0.15) is 5.60 Å². The highest BCUT2D eigenvalue weighted by Crippen LogP contribution is 2.27. The Morgan fingerprint density at radius 2 is 1.49 bits per heavy atom. The summed E-state index contributed by atoms with van der Waals surface area (Å²) in [5.74, 6) is 1.41. The Balaban J connectivity index is 0.000000832. The summed E-state index contributed by atoms with van der Waals surface area (Å²) in [7, 11) is 3.20. The number of nitrogens with zero attached hydrogens (tertiary/aromatic N) is 3. The molecule has 0 spiro atoms. The van der Waals surface area contributed by atoms with Crippen molar-refractivity contribution in [2.45, 2.75) is 58.5 Å². The molecule has 0 aliphatic rings. The number of methoxy groups -OCH3 is 2. The molecular weight excluding hydrogens is 474 g/mol. The molecule has 0 saturated heterocycles. The topological polar surface area (TPSA) is 140 Å². The number of ether oxygens (including phenoxy) is 3. The number of amides is 1. The zero-order valence-corrected chi connectivity index (χ0v) is 23.1. The zero-order chi connectivity index (χ0) is 27.9. The molecule has 1 amide bonds. The molecular formula is C27H45N5O5. The second-order valence-electron chi connectivity index (χ2n) is 9.15. The van der Waals surface area contributed by atoms with Crippen molar-refractivity contribution in [3.63, 3.8) is 0 Å². The Hall–Kier alpha value is -3.05. The second kappa shape index (κ2) is 21.1. The lowest BCUT2D eigenvalue weighted by atomic mass is 10.1. The molecule has 0 aromatic heterocycles. The van der Waals surface area contributed by atoms with Gasteiger partial charge in [-0.1, -0.05) is 6.07 Å². The lowest BCUT2D eigenvalue weighted by Gasteiger charge is -2.27. The Morgan fingerprint density at radius 3 is 1.92 bits per heavy atom. The number of carbonyl (C=O) groups is 1. The molecule has 10 heteroatoms. The number of nitrogens with one attached hydrogen (secondary N) is 2. The highest BCUT2D eigenvalue weighted by Gasteiger charge is 2.21. The van der Waals surface area contributed by atoms with Crippen molar-refractivity contribution in [2.24, 2.45) is 0 Å². The van der Waals surface area contributed by atoms with E-state index in [1.54, 1.807) is 19.1 Å². The van der Waals surface area contributed by atoms with Crippen LogP contribution in [-0.4, -0.2) is 81.8 Å². The average Bonchev–Trinajstić information content (AvgIpc) is 2.86. The number of aliphatic hydroxyl groups is 1. The van der Waals surface area contributed by atoms with Crippen molar-refractivity contribution in [1.29, 1.82) is 10.5 Å². The Labute approximate surface area is 222 Å². The quantitative estimate of drug-likeness (QED) is 0.281. The highest BCUT2D eigenvalue weighted by atomic mass is 16.6. The normalized spacial score (nSPS) is 10.4. The fraction of sp³-hybridized carbons (Fsp3) is 0.667. The van der Waals surface area contributed by atoms with Gasteiger partial charge < -0.3 is 34.9 Å². The van der Waals surface area contributed by atoms with Gasteiger partial charge in [0.25, 0.3) is 0 Å². The van der Waals surface area contributed by atoms with Crippen molar-refractivity contribution >= 4 is 6.09 Å². The van der Waals surface area contributed by atoms with Gasteiger partial charge in [0.05, 0.1) is 26.4 Å². The van der Waals surface area contributed by atoms with Crippen LogP contribution < -0.4 is 20.1 Å². The minimum atomic E-state index is -0.509. The van der Waals surface area contributed by atoms with Gasteiger partial charge in [0, 0.05) is 45.6 Å². The summed E-state index contributed by atoms with van der Waals surface area (Å²) in [4.78, 5) is 14.0. The summed E-state index contributed by atoms with van der Waals surface area (Å²) in [6.45, 7) is 9.83. The third kappa shape index (κ3) is 17.9. The van der Waals surface area contributed by atoms with Gasteiger partial charge in [0.2, 0.25) is 0 Å². The molecule has 0 heterocycles. The van der Waals surface area contributed by atoms with E-state index in [4.69, 9.17) is 29.8 Å². The third-order valence-electron chi connectivity index (χ3n) is 4.89. The summed E-state index contributed by atoms with van der Waals surface area (Å²) >= 11 is 0. The van der Waals surface area contributed by atoms with Gasteiger partial charge in [0.15, 0.2) is 11.5 Å². The molecule has 0 saturated carbocycles. The first-order valence-corrected chi connectivity index (χ1v) is 12.7. The van der Waals surface area contributed by atoms with Crippen molar-refractivity contribution in [2.75, 3.05) is 60.1 Å². The predicted octanol–water partition coefficient (Wildman–Crippen LogP) is 3.25. The maximum atomic E-state index is 12.3. The SMILES string of the molecule is CC(C)(C)OC(=O)N(CCCNCCC#N)CCCNCCC#N.COc1ccc(CCO)cc1OC. The van der Waals surface area contributed by atoms with Crippen LogP contribution in [-0.2, 0) is 11.2 Å². The van der Waals surface area contributed by atoms with E-state index in [-0.39, 0.29) is 12.7 Å². The zero-order valence-electron chi connectivity index (χ0n) is 23.1.